The van der Waals surface area contributed by atoms with Gasteiger partial charge >= 0.3 is 6.09 Å². The van der Waals surface area contributed by atoms with Crippen molar-refractivity contribution in [3.8, 4) is 0 Å². The van der Waals surface area contributed by atoms with E-state index in [-0.39, 0.29) is 12.2 Å². The number of nitrogens with one attached hydrogen (secondary N) is 1. The molecule has 110 valence electrons. The summed E-state index contributed by atoms with van der Waals surface area (Å²) in [6, 6.07) is 0. The predicted octanol–water partition coefficient (Wildman–Crippen LogP) is 4.43. The van der Waals surface area contributed by atoms with Gasteiger partial charge in [-0.1, -0.05) is 39.2 Å². The van der Waals surface area contributed by atoms with Gasteiger partial charge in [0.25, 0.3) is 0 Å². The molecule has 1 amide bonds. The van der Waals surface area contributed by atoms with Gasteiger partial charge in [-0.3, -0.25) is 0 Å². The molecule has 0 aromatic heterocycles. The maximum absolute atomic E-state index is 11.6. The van der Waals surface area contributed by atoms with Crippen LogP contribution in [0.1, 0.15) is 65.2 Å². The van der Waals surface area contributed by atoms with Crippen molar-refractivity contribution in [3.63, 3.8) is 0 Å². The number of hydrogen-bond acceptors (Lipinski definition) is 2. The second-order valence-corrected chi connectivity index (χ2v) is 5.83. The molecule has 0 bridgehead atoms. The number of amides is 1. The first-order chi connectivity index (χ1) is 9.18. The van der Waals surface area contributed by atoms with Crippen molar-refractivity contribution in [2.24, 2.45) is 5.92 Å². The Morgan fingerprint density at radius 2 is 2.16 bits per heavy atom. The molecule has 3 heteroatoms. The lowest BCUT2D eigenvalue weighted by Gasteiger charge is -2.16. The van der Waals surface area contributed by atoms with Gasteiger partial charge in [-0.05, 0) is 44.1 Å². The molecule has 0 saturated carbocycles. The second-order valence-electron chi connectivity index (χ2n) is 5.83. The van der Waals surface area contributed by atoms with Gasteiger partial charge in [0.1, 0.15) is 6.10 Å². The lowest BCUT2D eigenvalue weighted by molar-refractivity contribution is 0.113. The number of allylic oxidation sites excluding steroid dienone is 1. The van der Waals surface area contributed by atoms with E-state index in [4.69, 9.17) is 4.74 Å². The van der Waals surface area contributed by atoms with Gasteiger partial charge in [0.2, 0.25) is 0 Å². The van der Waals surface area contributed by atoms with Crippen LogP contribution in [0.4, 0.5) is 4.79 Å². The van der Waals surface area contributed by atoms with E-state index in [1.807, 2.05) is 6.08 Å². The van der Waals surface area contributed by atoms with E-state index in [1.54, 1.807) is 0 Å². The summed E-state index contributed by atoms with van der Waals surface area (Å²) in [5.41, 5.74) is 0. The number of unbranched alkanes of at least 4 members (excludes halogenated alkanes) is 1. The zero-order valence-corrected chi connectivity index (χ0v) is 12.5. The van der Waals surface area contributed by atoms with Crippen LogP contribution in [0, 0.1) is 5.92 Å². The van der Waals surface area contributed by atoms with Gasteiger partial charge in [0.05, 0.1) is 0 Å². The number of rotatable bonds is 6. The monoisotopic (exact) mass is 267 g/mol. The topological polar surface area (TPSA) is 38.3 Å². The highest BCUT2D eigenvalue weighted by Crippen LogP contribution is 2.14. The highest BCUT2D eigenvalue weighted by molar-refractivity contribution is 5.67. The summed E-state index contributed by atoms with van der Waals surface area (Å²) in [5.74, 6) is 0.743. The molecule has 0 aromatic carbocycles. The van der Waals surface area contributed by atoms with Gasteiger partial charge in [-0.15, -0.1) is 0 Å². The molecule has 3 nitrogen and oxygen atoms in total. The number of ether oxygens (including phenoxy) is 1. The van der Waals surface area contributed by atoms with Gasteiger partial charge in [0, 0.05) is 6.54 Å². The second kappa shape index (κ2) is 9.88. The molecular formula is C16H29NO2. The highest BCUT2D eigenvalue weighted by Gasteiger charge is 2.11. The number of alkyl carbamates (subject to hydrolysis) is 1. The summed E-state index contributed by atoms with van der Waals surface area (Å²) in [6.45, 7) is 5.17. The summed E-state index contributed by atoms with van der Waals surface area (Å²) in [7, 11) is 0. The molecule has 0 saturated heterocycles. The molecule has 1 aliphatic rings. The first kappa shape index (κ1) is 16.1. The molecule has 1 unspecified atom stereocenters. The van der Waals surface area contributed by atoms with Gasteiger partial charge in [-0.25, -0.2) is 4.79 Å². The number of carbonyl (C=O) groups excluding carboxylic acids is 1. The molecule has 1 atom stereocenters. The summed E-state index contributed by atoms with van der Waals surface area (Å²) < 4.78 is 5.42. The lowest BCUT2D eigenvalue weighted by atomic mass is 10.0. The summed E-state index contributed by atoms with van der Waals surface area (Å²) >= 11 is 0. The first-order valence-electron chi connectivity index (χ1n) is 7.79. The van der Waals surface area contributed by atoms with Crippen LogP contribution < -0.4 is 5.32 Å². The third kappa shape index (κ3) is 8.68. The van der Waals surface area contributed by atoms with Gasteiger partial charge in [0.15, 0.2) is 0 Å². The van der Waals surface area contributed by atoms with Crippen molar-refractivity contribution in [3.05, 3.63) is 12.2 Å². The van der Waals surface area contributed by atoms with E-state index in [0.29, 0.717) is 0 Å². The molecule has 0 radical (unpaired) electrons. The van der Waals surface area contributed by atoms with Crippen LogP contribution in [-0.4, -0.2) is 18.7 Å². The van der Waals surface area contributed by atoms with Crippen molar-refractivity contribution < 1.29 is 9.53 Å². The zero-order valence-electron chi connectivity index (χ0n) is 12.5. The fraction of sp³-hybridized carbons (Fsp3) is 0.812. The van der Waals surface area contributed by atoms with E-state index in [2.05, 4.69) is 25.2 Å². The van der Waals surface area contributed by atoms with E-state index in [0.717, 1.165) is 38.1 Å². The Morgan fingerprint density at radius 3 is 2.95 bits per heavy atom. The summed E-state index contributed by atoms with van der Waals surface area (Å²) in [5, 5.41) is 2.84. The summed E-state index contributed by atoms with van der Waals surface area (Å²) in [6.07, 6.45) is 13.0. The zero-order chi connectivity index (χ0) is 13.9. The minimum atomic E-state index is -0.264. The molecule has 19 heavy (non-hydrogen) atoms. The minimum Gasteiger partial charge on any atom is -0.442 e. The molecular weight excluding hydrogens is 238 g/mol. The van der Waals surface area contributed by atoms with Crippen molar-refractivity contribution in [1.82, 2.24) is 5.32 Å². The molecule has 1 aliphatic carbocycles. The van der Waals surface area contributed by atoms with E-state index >= 15 is 0 Å². The number of hydrogen-bond donors (Lipinski definition) is 1. The van der Waals surface area contributed by atoms with Crippen LogP contribution in [0.15, 0.2) is 12.2 Å². The largest absolute Gasteiger partial charge is 0.442 e. The van der Waals surface area contributed by atoms with E-state index < -0.39 is 0 Å². The van der Waals surface area contributed by atoms with Crippen molar-refractivity contribution >= 4 is 6.09 Å². The summed E-state index contributed by atoms with van der Waals surface area (Å²) in [4.78, 5) is 11.6. The molecule has 1 N–H and O–H groups in total. The quantitative estimate of drug-likeness (QED) is 0.571. The SMILES string of the molecule is CC(C)CCCCNC(=O)OC1/C=C/CCCCC1. The van der Waals surface area contributed by atoms with Gasteiger partial charge in [-0.2, -0.15) is 0 Å². The molecule has 1 rings (SSSR count). The Labute approximate surface area is 117 Å². The standard InChI is InChI=1S/C16H29NO2/c1-14(2)10-8-9-13-17-16(18)19-15-11-6-4-3-5-7-12-15/h6,11,14-15H,3-5,7-10,12-13H2,1-2H3,(H,17,18)/b11-6+. The van der Waals surface area contributed by atoms with E-state index in [1.165, 1.54) is 25.7 Å². The van der Waals surface area contributed by atoms with Crippen LogP contribution >= 0.6 is 0 Å². The average Bonchev–Trinajstić information content (AvgIpc) is 2.31. The molecule has 0 aromatic rings. The lowest BCUT2D eigenvalue weighted by Crippen LogP contribution is -2.29. The highest BCUT2D eigenvalue weighted by atomic mass is 16.6. The Morgan fingerprint density at radius 1 is 1.32 bits per heavy atom. The molecule has 0 aliphatic heterocycles. The maximum atomic E-state index is 11.6. The van der Waals surface area contributed by atoms with E-state index in [9.17, 15) is 4.79 Å². The van der Waals surface area contributed by atoms with Crippen LogP contribution in [-0.2, 0) is 4.74 Å². The van der Waals surface area contributed by atoms with Crippen LogP contribution in [0.5, 0.6) is 0 Å². The third-order valence-electron chi connectivity index (χ3n) is 3.45. The fourth-order valence-electron chi connectivity index (χ4n) is 2.27. The normalized spacial score (nSPS) is 21.5. The van der Waals surface area contributed by atoms with Crippen LogP contribution in [0.25, 0.3) is 0 Å². The minimum absolute atomic E-state index is 0.0315. The Kier molecular flexibility index (Phi) is 8.35. The van der Waals surface area contributed by atoms with Crippen LogP contribution in [0.2, 0.25) is 0 Å². The molecule has 0 spiro atoms. The van der Waals surface area contributed by atoms with Crippen molar-refractivity contribution in [2.75, 3.05) is 6.54 Å². The Hall–Kier alpha value is -0.990. The van der Waals surface area contributed by atoms with Crippen molar-refractivity contribution in [1.29, 1.82) is 0 Å². The van der Waals surface area contributed by atoms with Gasteiger partial charge < -0.3 is 10.1 Å². The molecule has 0 fully saturated rings. The average molecular weight is 267 g/mol. The number of carbonyl (C=O) groups is 1. The first-order valence-corrected chi connectivity index (χ1v) is 7.79. The fourth-order valence-corrected chi connectivity index (χ4v) is 2.27. The Balaban J connectivity index is 2.10. The smallest absolute Gasteiger partial charge is 0.407 e. The Bertz CT molecular complexity index is 274. The van der Waals surface area contributed by atoms with Crippen molar-refractivity contribution in [2.45, 2.75) is 71.3 Å². The third-order valence-corrected chi connectivity index (χ3v) is 3.45. The van der Waals surface area contributed by atoms with Crippen LogP contribution in [0.3, 0.4) is 0 Å². The predicted molar refractivity (Wildman–Crippen MR) is 79.2 cm³/mol. The molecule has 0 heterocycles. The maximum Gasteiger partial charge on any atom is 0.407 e.